The van der Waals surface area contributed by atoms with Gasteiger partial charge in [0.25, 0.3) is 10.0 Å². The molecule has 2 rings (SSSR count). The lowest BCUT2D eigenvalue weighted by atomic mass is 10.3. The van der Waals surface area contributed by atoms with Gasteiger partial charge in [0.1, 0.15) is 17.9 Å². The van der Waals surface area contributed by atoms with E-state index >= 15 is 0 Å². The molecule has 110 valence electrons. The molecule has 0 spiro atoms. The van der Waals surface area contributed by atoms with Crippen LogP contribution in [0.25, 0.3) is 0 Å². The van der Waals surface area contributed by atoms with E-state index in [4.69, 9.17) is 4.42 Å². The first-order chi connectivity index (χ1) is 9.62. The van der Waals surface area contributed by atoms with Crippen LogP contribution in [0.4, 0.5) is 0 Å². The molecule has 20 heavy (non-hydrogen) atoms. The van der Waals surface area contributed by atoms with Gasteiger partial charge in [-0.2, -0.15) is 5.10 Å². The van der Waals surface area contributed by atoms with E-state index in [-0.39, 0.29) is 5.09 Å². The molecule has 0 saturated heterocycles. The molecule has 0 saturated carbocycles. The number of nitrogens with zero attached hydrogens (tertiary/aromatic N) is 2. The normalized spacial score (nSPS) is 11.8. The number of furan rings is 1. The quantitative estimate of drug-likeness (QED) is 0.593. The molecule has 0 aliphatic heterocycles. The average molecular weight is 299 g/mol. The van der Waals surface area contributed by atoms with Gasteiger partial charge < -0.3 is 9.73 Å². The van der Waals surface area contributed by atoms with Crippen molar-refractivity contribution in [3.05, 3.63) is 30.0 Å². The number of hydrogen-bond acceptors (Lipinski definition) is 6. The van der Waals surface area contributed by atoms with E-state index in [2.05, 4.69) is 25.2 Å². The van der Waals surface area contributed by atoms with Gasteiger partial charge in [-0.1, -0.05) is 0 Å². The Bertz CT molecular complexity index is 620. The van der Waals surface area contributed by atoms with Crippen LogP contribution in [0, 0.1) is 0 Å². The first kappa shape index (κ1) is 14.7. The van der Waals surface area contributed by atoms with Crippen LogP contribution in [-0.4, -0.2) is 37.2 Å². The summed E-state index contributed by atoms with van der Waals surface area (Å²) in [5, 5.41) is 9.27. The molecule has 0 amide bonds. The summed E-state index contributed by atoms with van der Waals surface area (Å²) in [5.74, 6) is 1.31. The molecule has 0 fully saturated rings. The minimum Gasteiger partial charge on any atom is -0.447 e. The smallest absolute Gasteiger partial charge is 0.273 e. The number of nitrogens with one attached hydrogen (secondary N) is 3. The molecule has 2 heterocycles. The summed E-state index contributed by atoms with van der Waals surface area (Å²) < 4.78 is 31.6. The topological polar surface area (TPSA) is 113 Å². The van der Waals surface area contributed by atoms with E-state index in [0.29, 0.717) is 31.7 Å². The Hall–Kier alpha value is -1.71. The second-order valence-electron chi connectivity index (χ2n) is 4.18. The van der Waals surface area contributed by atoms with Crippen LogP contribution in [0.15, 0.2) is 28.0 Å². The Morgan fingerprint density at radius 1 is 1.40 bits per heavy atom. The van der Waals surface area contributed by atoms with Crippen molar-refractivity contribution in [3.63, 3.8) is 0 Å². The van der Waals surface area contributed by atoms with Crippen LogP contribution in [-0.2, 0) is 23.0 Å². The molecule has 2 aromatic rings. The fraction of sp³-hybridized carbons (Fsp3) is 0.455. The van der Waals surface area contributed by atoms with Crippen LogP contribution in [0.2, 0.25) is 0 Å². The molecule has 0 aliphatic carbocycles. The number of sulfonamides is 1. The van der Waals surface area contributed by atoms with Crippen LogP contribution in [0.5, 0.6) is 0 Å². The summed E-state index contributed by atoms with van der Waals surface area (Å²) in [7, 11) is -1.83. The molecule has 0 aliphatic rings. The standard InChI is InChI=1S/C11H17N5O3S/c1-12-7-9-4-5-11(19-9)20(17,18)15-6-2-3-10-13-8-14-16-10/h4-5,8,12,15H,2-3,6-7H2,1H3,(H,13,14,16). The maximum atomic E-state index is 12.0. The third-order valence-electron chi connectivity index (χ3n) is 2.60. The molecule has 0 unspecified atom stereocenters. The fourth-order valence-corrected chi connectivity index (χ4v) is 2.68. The predicted molar refractivity (Wildman–Crippen MR) is 71.4 cm³/mol. The number of H-pyrrole nitrogens is 1. The number of aromatic amines is 1. The second kappa shape index (κ2) is 6.64. The van der Waals surface area contributed by atoms with E-state index in [1.807, 2.05) is 0 Å². The Morgan fingerprint density at radius 3 is 2.95 bits per heavy atom. The lowest BCUT2D eigenvalue weighted by molar-refractivity contribution is 0.404. The highest BCUT2D eigenvalue weighted by Crippen LogP contribution is 2.13. The largest absolute Gasteiger partial charge is 0.447 e. The Labute approximate surface area is 117 Å². The first-order valence-corrected chi connectivity index (χ1v) is 7.67. The van der Waals surface area contributed by atoms with E-state index in [1.54, 1.807) is 13.1 Å². The van der Waals surface area contributed by atoms with Crippen LogP contribution in [0.1, 0.15) is 18.0 Å². The van der Waals surface area contributed by atoms with Gasteiger partial charge in [0.05, 0.1) is 6.54 Å². The van der Waals surface area contributed by atoms with Crippen molar-refractivity contribution in [2.75, 3.05) is 13.6 Å². The highest BCUT2D eigenvalue weighted by Gasteiger charge is 2.17. The summed E-state index contributed by atoms with van der Waals surface area (Å²) in [6.07, 6.45) is 2.68. The molecule has 0 atom stereocenters. The number of aromatic nitrogens is 3. The molecule has 2 aromatic heterocycles. The van der Waals surface area contributed by atoms with Gasteiger partial charge >= 0.3 is 0 Å². The molecule has 0 aromatic carbocycles. The number of hydrogen-bond donors (Lipinski definition) is 3. The maximum absolute atomic E-state index is 12.0. The van der Waals surface area contributed by atoms with Gasteiger partial charge in [0.15, 0.2) is 0 Å². The molecule has 0 radical (unpaired) electrons. The SMILES string of the molecule is CNCc1ccc(S(=O)(=O)NCCCc2ncn[nH]2)o1. The lowest BCUT2D eigenvalue weighted by Crippen LogP contribution is -2.24. The van der Waals surface area contributed by atoms with E-state index < -0.39 is 10.0 Å². The van der Waals surface area contributed by atoms with Crippen molar-refractivity contribution in [1.29, 1.82) is 0 Å². The molecular weight excluding hydrogens is 282 g/mol. The zero-order chi connectivity index (χ0) is 14.4. The Balaban J connectivity index is 1.83. The summed E-state index contributed by atoms with van der Waals surface area (Å²) in [5.41, 5.74) is 0. The van der Waals surface area contributed by atoms with Gasteiger partial charge in [0.2, 0.25) is 5.09 Å². The maximum Gasteiger partial charge on any atom is 0.273 e. The summed E-state index contributed by atoms with van der Waals surface area (Å²) in [6.45, 7) is 0.798. The van der Waals surface area contributed by atoms with Crippen molar-refractivity contribution in [3.8, 4) is 0 Å². The van der Waals surface area contributed by atoms with Crippen molar-refractivity contribution < 1.29 is 12.8 Å². The zero-order valence-corrected chi connectivity index (χ0v) is 11.9. The molecule has 3 N–H and O–H groups in total. The lowest BCUT2D eigenvalue weighted by Gasteiger charge is -2.03. The van der Waals surface area contributed by atoms with E-state index in [9.17, 15) is 8.42 Å². The van der Waals surface area contributed by atoms with E-state index in [0.717, 1.165) is 5.82 Å². The monoisotopic (exact) mass is 299 g/mol. The van der Waals surface area contributed by atoms with Gasteiger partial charge in [-0.25, -0.2) is 18.1 Å². The molecule has 0 bridgehead atoms. The van der Waals surface area contributed by atoms with Gasteiger partial charge in [-0.05, 0) is 25.6 Å². The molecular formula is C11H17N5O3S. The van der Waals surface area contributed by atoms with Crippen LogP contribution in [0.3, 0.4) is 0 Å². The van der Waals surface area contributed by atoms with Gasteiger partial charge in [-0.15, -0.1) is 0 Å². The van der Waals surface area contributed by atoms with Crippen molar-refractivity contribution in [2.24, 2.45) is 0 Å². The zero-order valence-electron chi connectivity index (χ0n) is 11.1. The highest BCUT2D eigenvalue weighted by atomic mass is 32.2. The minimum absolute atomic E-state index is 0.0672. The highest BCUT2D eigenvalue weighted by molar-refractivity contribution is 7.89. The number of rotatable bonds is 8. The molecule has 8 nitrogen and oxygen atoms in total. The van der Waals surface area contributed by atoms with Crippen molar-refractivity contribution in [1.82, 2.24) is 25.2 Å². The predicted octanol–water partition coefficient (Wildman–Crippen LogP) is 0.0282. The Morgan fingerprint density at radius 2 is 2.25 bits per heavy atom. The van der Waals surface area contributed by atoms with Crippen LogP contribution >= 0.6 is 0 Å². The minimum atomic E-state index is -3.59. The van der Waals surface area contributed by atoms with Crippen molar-refractivity contribution in [2.45, 2.75) is 24.5 Å². The molecule has 9 heteroatoms. The second-order valence-corrected chi connectivity index (χ2v) is 5.88. The number of aryl methyl sites for hydroxylation is 1. The van der Waals surface area contributed by atoms with Crippen LogP contribution < -0.4 is 10.0 Å². The summed E-state index contributed by atoms with van der Waals surface area (Å²) in [4.78, 5) is 3.96. The van der Waals surface area contributed by atoms with Crippen molar-refractivity contribution >= 4 is 10.0 Å². The third kappa shape index (κ3) is 3.89. The summed E-state index contributed by atoms with van der Waals surface area (Å²) >= 11 is 0. The third-order valence-corrected chi connectivity index (χ3v) is 3.93. The first-order valence-electron chi connectivity index (χ1n) is 6.19. The average Bonchev–Trinajstić information content (AvgIpc) is 3.06. The summed E-state index contributed by atoms with van der Waals surface area (Å²) in [6, 6.07) is 3.09. The van der Waals surface area contributed by atoms with Gasteiger partial charge in [-0.3, -0.25) is 5.10 Å². The Kier molecular flexibility index (Phi) is 4.88. The fourth-order valence-electron chi connectivity index (χ4n) is 1.66. The van der Waals surface area contributed by atoms with E-state index in [1.165, 1.54) is 12.4 Å². The van der Waals surface area contributed by atoms with Gasteiger partial charge in [0, 0.05) is 13.0 Å².